The molecule has 1 atom stereocenters. The normalized spacial score (nSPS) is 12.9. The summed E-state index contributed by atoms with van der Waals surface area (Å²) in [6.45, 7) is 2.42. The molecule has 6 rings (SSSR count). The van der Waals surface area contributed by atoms with E-state index in [-0.39, 0.29) is 22.8 Å². The average molecular weight is 678 g/mol. The quantitative estimate of drug-likeness (QED) is 0.154. The van der Waals surface area contributed by atoms with Crippen molar-refractivity contribution in [3.8, 4) is 5.69 Å². The number of nitrogens with zero attached hydrogens (tertiary/aromatic N) is 4. The van der Waals surface area contributed by atoms with Crippen LogP contribution in [-0.2, 0) is 0 Å². The van der Waals surface area contributed by atoms with Crippen molar-refractivity contribution in [1.82, 2.24) is 24.6 Å². The molecule has 4 N–H and O–H groups in total. The number of anilines is 2. The number of hydrogen-bond donors (Lipinski definition) is 3. The molecule has 1 aliphatic rings. The second kappa shape index (κ2) is 12.5. The lowest BCUT2D eigenvalue weighted by molar-refractivity contribution is 0.0940. The number of aromatic nitrogens is 4. The predicted molar refractivity (Wildman–Crippen MR) is 177 cm³/mol. The zero-order valence-electron chi connectivity index (χ0n) is 22.4. The molecule has 0 radical (unpaired) electrons. The summed E-state index contributed by atoms with van der Waals surface area (Å²) in [5, 5.41) is 13.7. The van der Waals surface area contributed by atoms with E-state index in [0.29, 0.717) is 29.1 Å². The number of thiazole rings is 1. The van der Waals surface area contributed by atoms with E-state index in [2.05, 4.69) is 43.3 Å². The van der Waals surface area contributed by atoms with E-state index < -0.39 is 6.04 Å². The SMILES string of the molecule is CC(NC(=O)c1c(N)nn2c1NCC=C2)c1cc2cccc(/C=C/c3cscn3)c2c(=O)n1-c1ccccc1.CI. The molecule has 2 aromatic carbocycles. The van der Waals surface area contributed by atoms with Crippen molar-refractivity contribution in [2.45, 2.75) is 13.0 Å². The summed E-state index contributed by atoms with van der Waals surface area (Å²) in [5.41, 5.74) is 10.9. The maximum Gasteiger partial charge on any atom is 0.263 e. The van der Waals surface area contributed by atoms with Crippen LogP contribution in [-0.4, -0.2) is 36.7 Å². The fourth-order valence-corrected chi connectivity index (χ4v) is 5.32. The van der Waals surface area contributed by atoms with Crippen LogP contribution in [0.25, 0.3) is 34.8 Å². The fraction of sp³-hybridized carbons (Fsp3) is 0.133. The molecule has 0 spiro atoms. The number of alkyl halides is 1. The zero-order chi connectivity index (χ0) is 28.9. The van der Waals surface area contributed by atoms with Gasteiger partial charge in [0, 0.05) is 29.5 Å². The lowest BCUT2D eigenvalue weighted by atomic mass is 10.0. The van der Waals surface area contributed by atoms with Gasteiger partial charge >= 0.3 is 0 Å². The van der Waals surface area contributed by atoms with Crippen LogP contribution >= 0.6 is 33.9 Å². The summed E-state index contributed by atoms with van der Waals surface area (Å²) in [4.78, 5) is 33.8. The first kappa shape index (κ1) is 28.3. The Morgan fingerprint density at radius 1 is 1.17 bits per heavy atom. The van der Waals surface area contributed by atoms with Gasteiger partial charge in [-0.15, -0.1) is 16.4 Å². The van der Waals surface area contributed by atoms with Gasteiger partial charge in [-0.2, -0.15) is 0 Å². The Labute approximate surface area is 254 Å². The number of carbonyl (C=O) groups is 1. The highest BCUT2D eigenvalue weighted by molar-refractivity contribution is 14.1. The highest BCUT2D eigenvalue weighted by atomic mass is 127. The second-order valence-corrected chi connectivity index (χ2v) is 9.84. The molecule has 1 unspecified atom stereocenters. The Bertz CT molecular complexity index is 1810. The molecular formula is C30H28IN7O2S. The van der Waals surface area contributed by atoms with Crippen LogP contribution in [0.4, 0.5) is 11.6 Å². The molecule has 0 fully saturated rings. The van der Waals surface area contributed by atoms with Crippen LogP contribution in [0, 0.1) is 0 Å². The number of carbonyl (C=O) groups excluding carboxylic acids is 1. The van der Waals surface area contributed by atoms with Crippen molar-refractivity contribution in [3.63, 3.8) is 0 Å². The number of nitrogen functional groups attached to an aromatic ring is 1. The third-order valence-corrected chi connectivity index (χ3v) is 7.20. The van der Waals surface area contributed by atoms with Crippen molar-refractivity contribution in [3.05, 3.63) is 104 Å². The fourth-order valence-electron chi connectivity index (χ4n) is 4.79. The van der Waals surface area contributed by atoms with Crippen molar-refractivity contribution in [2.24, 2.45) is 0 Å². The standard InChI is InChI=1S/C29H25N7O2S.CH3I/c1-18(33-28(37)25-26(30)34-35-14-6-13-31-27(25)35)23-15-20-8-5-7-19(11-12-21-16-39-17-32-21)24(20)29(38)36(23)22-9-3-2-4-10-22;1-2/h2-12,14-18,31H,13H2,1H3,(H2,30,34)(H,33,37);1H3/b12-11+;. The minimum atomic E-state index is -0.530. The first-order valence-electron chi connectivity index (χ1n) is 12.8. The van der Waals surface area contributed by atoms with Gasteiger partial charge in [0.2, 0.25) is 0 Å². The number of pyridine rings is 1. The van der Waals surface area contributed by atoms with Crippen molar-refractivity contribution < 1.29 is 4.79 Å². The molecule has 0 aliphatic carbocycles. The van der Waals surface area contributed by atoms with Gasteiger partial charge in [0.1, 0.15) is 11.4 Å². The molecule has 3 aromatic heterocycles. The molecule has 0 saturated heterocycles. The van der Waals surface area contributed by atoms with E-state index in [1.807, 2.05) is 90.1 Å². The van der Waals surface area contributed by atoms with E-state index >= 15 is 0 Å². The third-order valence-electron chi connectivity index (χ3n) is 6.60. The van der Waals surface area contributed by atoms with Gasteiger partial charge in [-0.3, -0.25) is 14.2 Å². The molecule has 11 heteroatoms. The van der Waals surface area contributed by atoms with Gasteiger partial charge in [0.05, 0.1) is 22.6 Å². The number of halogens is 1. The molecule has 208 valence electrons. The van der Waals surface area contributed by atoms with Crippen LogP contribution < -0.4 is 21.9 Å². The van der Waals surface area contributed by atoms with Crippen molar-refractivity contribution in [1.29, 1.82) is 0 Å². The molecule has 4 heterocycles. The van der Waals surface area contributed by atoms with Crippen LogP contribution in [0.3, 0.4) is 0 Å². The number of rotatable bonds is 6. The van der Waals surface area contributed by atoms with Gasteiger partial charge in [-0.25, -0.2) is 9.67 Å². The maximum absolute atomic E-state index is 14.1. The topological polar surface area (TPSA) is 120 Å². The summed E-state index contributed by atoms with van der Waals surface area (Å²) in [7, 11) is 0. The number of benzene rings is 2. The monoisotopic (exact) mass is 677 g/mol. The van der Waals surface area contributed by atoms with E-state index in [9.17, 15) is 9.59 Å². The van der Waals surface area contributed by atoms with E-state index in [0.717, 1.165) is 16.6 Å². The van der Waals surface area contributed by atoms with Crippen LogP contribution in [0.5, 0.6) is 0 Å². The van der Waals surface area contributed by atoms with Crippen LogP contribution in [0.15, 0.2) is 76.4 Å². The second-order valence-electron chi connectivity index (χ2n) is 9.12. The Morgan fingerprint density at radius 3 is 2.73 bits per heavy atom. The molecular weight excluding hydrogens is 649 g/mol. The number of nitrogens with one attached hydrogen (secondary N) is 2. The van der Waals surface area contributed by atoms with Gasteiger partial charge in [0.15, 0.2) is 5.82 Å². The molecule has 5 aromatic rings. The Balaban J connectivity index is 0.00000165. The Hall–Kier alpha value is -4.23. The third kappa shape index (κ3) is 5.68. The number of para-hydroxylation sites is 1. The highest BCUT2D eigenvalue weighted by Crippen LogP contribution is 2.27. The maximum atomic E-state index is 14.1. The first-order chi connectivity index (χ1) is 20.0. The summed E-state index contributed by atoms with van der Waals surface area (Å²) in [6, 6.07) is 16.6. The number of nitrogens with two attached hydrogens (primary N) is 1. The summed E-state index contributed by atoms with van der Waals surface area (Å²) >= 11 is 3.67. The predicted octanol–water partition coefficient (Wildman–Crippen LogP) is 5.83. The van der Waals surface area contributed by atoms with Gasteiger partial charge < -0.3 is 16.4 Å². The Morgan fingerprint density at radius 2 is 1.98 bits per heavy atom. The van der Waals surface area contributed by atoms with E-state index in [4.69, 9.17) is 5.73 Å². The summed E-state index contributed by atoms with van der Waals surface area (Å²) < 4.78 is 3.21. The minimum absolute atomic E-state index is 0.129. The van der Waals surface area contributed by atoms with Gasteiger partial charge in [-0.05, 0) is 53.2 Å². The molecule has 9 nitrogen and oxygen atoms in total. The minimum Gasteiger partial charge on any atom is -0.381 e. The summed E-state index contributed by atoms with van der Waals surface area (Å²) in [5.74, 6) is 0.288. The number of hydrogen-bond acceptors (Lipinski definition) is 7. The van der Waals surface area contributed by atoms with Crippen molar-refractivity contribution >= 4 is 80.6 Å². The Kier molecular flexibility index (Phi) is 8.64. The molecule has 0 bridgehead atoms. The molecule has 1 aliphatic heterocycles. The first-order valence-corrected chi connectivity index (χ1v) is 15.9. The molecule has 41 heavy (non-hydrogen) atoms. The van der Waals surface area contributed by atoms with Crippen LogP contribution in [0.1, 0.15) is 40.3 Å². The van der Waals surface area contributed by atoms with E-state index in [1.54, 1.807) is 21.0 Å². The lowest BCUT2D eigenvalue weighted by Crippen LogP contribution is -2.32. The van der Waals surface area contributed by atoms with E-state index in [1.165, 1.54) is 11.3 Å². The summed E-state index contributed by atoms with van der Waals surface area (Å²) in [6.07, 6.45) is 7.46. The smallest absolute Gasteiger partial charge is 0.263 e. The number of fused-ring (bicyclic) bond motifs is 2. The van der Waals surface area contributed by atoms with Gasteiger partial charge in [0.25, 0.3) is 11.5 Å². The van der Waals surface area contributed by atoms with Crippen LogP contribution in [0.2, 0.25) is 0 Å². The largest absolute Gasteiger partial charge is 0.381 e. The van der Waals surface area contributed by atoms with Crippen molar-refractivity contribution in [2.75, 3.05) is 22.5 Å². The molecule has 0 saturated carbocycles. The number of amides is 1. The average Bonchev–Trinajstić information content (AvgIpc) is 3.64. The van der Waals surface area contributed by atoms with Gasteiger partial charge in [-0.1, -0.05) is 65.1 Å². The zero-order valence-corrected chi connectivity index (χ0v) is 25.4. The lowest BCUT2D eigenvalue weighted by Gasteiger charge is -2.22. The highest BCUT2D eigenvalue weighted by Gasteiger charge is 2.26. The molecule has 1 amide bonds.